The van der Waals surface area contributed by atoms with Gasteiger partial charge < -0.3 is 39.5 Å². The Kier molecular flexibility index (Phi) is 7.75. The number of aliphatic hydroxyl groups is 2. The lowest BCUT2D eigenvalue weighted by atomic mass is 9.80. The number of imidazole rings is 1. The summed E-state index contributed by atoms with van der Waals surface area (Å²) in [6.07, 6.45) is -4.35. The molecule has 3 unspecified atom stereocenters. The fraction of sp³-hybridized carbons (Fsp3) is 0.346. The first-order valence-electron chi connectivity index (χ1n) is 13.1. The van der Waals surface area contributed by atoms with Crippen molar-refractivity contribution in [2.75, 3.05) is 24.4 Å². The van der Waals surface area contributed by atoms with Crippen LogP contribution in [0.2, 0.25) is 5.28 Å². The molecular formula is C26H28ClN5O9P2. The van der Waals surface area contributed by atoms with Gasteiger partial charge in [-0.05, 0) is 40.8 Å². The molecule has 0 amide bonds. The lowest BCUT2D eigenvalue weighted by Gasteiger charge is -2.28. The third-order valence-electron chi connectivity index (χ3n) is 7.75. The molecule has 4 aromatic rings. The fourth-order valence-electron chi connectivity index (χ4n) is 5.75. The van der Waals surface area contributed by atoms with Gasteiger partial charge in [-0.2, -0.15) is 9.97 Å². The molecule has 6 N–H and O–H groups in total. The minimum atomic E-state index is -4.85. The Morgan fingerprint density at radius 1 is 1.02 bits per heavy atom. The molecule has 3 heterocycles. The van der Waals surface area contributed by atoms with E-state index in [-0.39, 0.29) is 10.9 Å². The summed E-state index contributed by atoms with van der Waals surface area (Å²) in [7, 11) is -9.56. The zero-order valence-corrected chi connectivity index (χ0v) is 25.1. The number of hydrogen-bond acceptors (Lipinski definition) is 10. The van der Waals surface area contributed by atoms with Gasteiger partial charge in [0.05, 0.1) is 12.9 Å². The van der Waals surface area contributed by atoms with Gasteiger partial charge in [-0.3, -0.25) is 13.7 Å². The average Bonchev–Trinajstić information content (AvgIpc) is 3.57. The van der Waals surface area contributed by atoms with E-state index in [0.29, 0.717) is 17.9 Å². The zero-order valence-electron chi connectivity index (χ0n) is 22.6. The van der Waals surface area contributed by atoms with E-state index >= 15 is 0 Å². The molecule has 14 nitrogen and oxygen atoms in total. The molecule has 1 aliphatic heterocycles. The van der Waals surface area contributed by atoms with Crippen molar-refractivity contribution >= 4 is 43.8 Å². The smallest absolute Gasteiger partial charge is 0.340 e. The van der Waals surface area contributed by atoms with Crippen LogP contribution in [-0.2, 0) is 23.8 Å². The number of ether oxygens (including phenoxy) is 1. The third-order valence-corrected chi connectivity index (χ3v) is 11.4. The molecule has 6 rings (SSSR count). The van der Waals surface area contributed by atoms with Crippen LogP contribution in [0.1, 0.15) is 24.3 Å². The maximum atomic E-state index is 12.0. The van der Waals surface area contributed by atoms with Gasteiger partial charge in [0.25, 0.3) is 0 Å². The molecule has 2 aliphatic rings. The van der Waals surface area contributed by atoms with Gasteiger partial charge in [0, 0.05) is 12.0 Å². The lowest BCUT2D eigenvalue weighted by molar-refractivity contribution is -0.0483. The van der Waals surface area contributed by atoms with E-state index in [9.17, 15) is 24.2 Å². The number of aliphatic hydroxyl groups excluding tert-OH is 2. The predicted octanol–water partition coefficient (Wildman–Crippen LogP) is 2.83. The molecule has 228 valence electrons. The van der Waals surface area contributed by atoms with Crippen molar-refractivity contribution in [1.29, 1.82) is 0 Å². The average molecular weight is 652 g/mol. The first-order valence-corrected chi connectivity index (χ1v) is 17.1. The largest absolute Gasteiger partial charge is 0.387 e. The monoisotopic (exact) mass is 651 g/mol. The van der Waals surface area contributed by atoms with Crippen LogP contribution in [0.25, 0.3) is 22.3 Å². The Bertz CT molecular complexity index is 1750. The van der Waals surface area contributed by atoms with Crippen molar-refractivity contribution in [2.24, 2.45) is 0 Å². The Hall–Kier alpha value is -2.74. The SMILES string of the molecule is CC1(CNc2nc(Cl)nc3c2ncn3[C@@H]2O[C@H](COP(=O)(O)CP(=O)(O)O)C(O)C2O)c2ccccc2-c2ccccc21. The molecule has 0 saturated carbocycles. The maximum absolute atomic E-state index is 12.0. The van der Waals surface area contributed by atoms with Gasteiger partial charge in [0.2, 0.25) is 5.28 Å². The standard InChI is InChI=1S/C26H28ClN5O9P2/c1-26(16-8-4-2-6-14(16)15-7-3-5-9-17(15)26)11-28-22-19-23(31-25(27)30-22)32(12-29-19)24-21(34)20(33)18(41-24)10-40-43(38,39)13-42(35,36)37/h2-9,12,18,20-21,24,33-34H,10-11,13H2,1H3,(H,38,39)(H,28,30,31)(H2,35,36,37)/t18-,20?,21?,24-/m1/s1. The normalized spacial score (nSPS) is 24.1. The Morgan fingerprint density at radius 3 is 2.28 bits per heavy atom. The third kappa shape index (κ3) is 5.65. The van der Waals surface area contributed by atoms with E-state index in [1.807, 2.05) is 24.3 Å². The Labute approximate surface area is 250 Å². The van der Waals surface area contributed by atoms with Crippen LogP contribution in [0.15, 0.2) is 54.9 Å². The quantitative estimate of drug-likeness (QED) is 0.114. The van der Waals surface area contributed by atoms with E-state index in [1.165, 1.54) is 10.9 Å². The molecule has 0 radical (unpaired) electrons. The maximum Gasteiger partial charge on any atom is 0.340 e. The number of nitrogens with one attached hydrogen (secondary N) is 1. The summed E-state index contributed by atoms with van der Waals surface area (Å²) in [5.74, 6) is -1.06. The van der Waals surface area contributed by atoms with E-state index in [1.54, 1.807) is 0 Å². The summed E-state index contributed by atoms with van der Waals surface area (Å²) < 4.78 is 35.0. The zero-order chi connectivity index (χ0) is 30.7. The lowest BCUT2D eigenvalue weighted by Crippen LogP contribution is -2.33. The number of nitrogens with zero attached hydrogens (tertiary/aromatic N) is 4. The molecule has 0 bridgehead atoms. The number of anilines is 1. The Morgan fingerprint density at radius 2 is 1.65 bits per heavy atom. The second-order valence-electron chi connectivity index (χ2n) is 10.7. The van der Waals surface area contributed by atoms with Gasteiger partial charge in [-0.15, -0.1) is 0 Å². The molecule has 0 spiro atoms. The second-order valence-corrected chi connectivity index (χ2v) is 15.1. The van der Waals surface area contributed by atoms with E-state index in [2.05, 4.69) is 51.5 Å². The highest BCUT2D eigenvalue weighted by molar-refractivity contribution is 7.70. The summed E-state index contributed by atoms with van der Waals surface area (Å²) in [6.45, 7) is 1.85. The number of benzene rings is 2. The van der Waals surface area contributed by atoms with Crippen molar-refractivity contribution < 1.29 is 43.3 Å². The molecular weight excluding hydrogens is 624 g/mol. The van der Waals surface area contributed by atoms with Crippen molar-refractivity contribution in [3.05, 3.63) is 71.3 Å². The molecule has 5 atom stereocenters. The van der Waals surface area contributed by atoms with Gasteiger partial charge in [-0.25, -0.2) is 4.98 Å². The molecule has 2 aromatic heterocycles. The summed E-state index contributed by atoms with van der Waals surface area (Å²) in [5.41, 5.74) is 4.72. The van der Waals surface area contributed by atoms with Crippen LogP contribution in [0, 0.1) is 0 Å². The van der Waals surface area contributed by atoms with E-state index in [0.717, 1.165) is 22.3 Å². The molecule has 2 aromatic carbocycles. The van der Waals surface area contributed by atoms with Gasteiger partial charge >= 0.3 is 15.2 Å². The van der Waals surface area contributed by atoms with Crippen LogP contribution in [0.4, 0.5) is 5.82 Å². The molecule has 43 heavy (non-hydrogen) atoms. The summed E-state index contributed by atoms with van der Waals surface area (Å²) >= 11 is 6.30. The second kappa shape index (κ2) is 11.0. The van der Waals surface area contributed by atoms with Crippen LogP contribution in [0.3, 0.4) is 0 Å². The number of fused-ring (bicyclic) bond motifs is 4. The topological polar surface area (TPSA) is 209 Å². The van der Waals surface area contributed by atoms with Crippen molar-refractivity contribution in [3.63, 3.8) is 0 Å². The molecule has 17 heteroatoms. The fourth-order valence-corrected chi connectivity index (χ4v) is 8.49. The van der Waals surface area contributed by atoms with Crippen LogP contribution in [0.5, 0.6) is 0 Å². The van der Waals surface area contributed by atoms with Crippen molar-refractivity contribution in [2.45, 2.75) is 36.9 Å². The van der Waals surface area contributed by atoms with E-state index in [4.69, 9.17) is 30.6 Å². The van der Waals surface area contributed by atoms with Gasteiger partial charge in [-0.1, -0.05) is 48.5 Å². The number of halogens is 1. The van der Waals surface area contributed by atoms with Crippen LogP contribution >= 0.6 is 26.8 Å². The van der Waals surface area contributed by atoms with Gasteiger partial charge in [0.1, 0.15) is 18.3 Å². The number of aromatic nitrogens is 4. The summed E-state index contributed by atoms with van der Waals surface area (Å²) in [4.78, 5) is 40.8. The number of hydrogen-bond donors (Lipinski definition) is 6. The van der Waals surface area contributed by atoms with Crippen LogP contribution < -0.4 is 5.32 Å². The first kappa shape index (κ1) is 30.3. The van der Waals surface area contributed by atoms with E-state index < -0.39 is 57.7 Å². The van der Waals surface area contributed by atoms with Crippen molar-refractivity contribution in [3.8, 4) is 11.1 Å². The first-order chi connectivity index (χ1) is 20.3. The highest BCUT2D eigenvalue weighted by Gasteiger charge is 2.46. The summed E-state index contributed by atoms with van der Waals surface area (Å²) in [6, 6.07) is 16.4. The molecule has 1 aliphatic carbocycles. The molecule has 1 saturated heterocycles. The van der Waals surface area contributed by atoms with Crippen LogP contribution in [-0.4, -0.2) is 81.8 Å². The molecule has 1 fully saturated rings. The minimum absolute atomic E-state index is 0.110. The number of rotatable bonds is 9. The highest BCUT2D eigenvalue weighted by atomic mass is 35.5. The Balaban J connectivity index is 1.25. The predicted molar refractivity (Wildman–Crippen MR) is 156 cm³/mol. The highest BCUT2D eigenvalue weighted by Crippen LogP contribution is 2.55. The summed E-state index contributed by atoms with van der Waals surface area (Å²) in [5, 5.41) is 24.6. The van der Waals surface area contributed by atoms with Crippen molar-refractivity contribution in [1.82, 2.24) is 19.5 Å². The van der Waals surface area contributed by atoms with Gasteiger partial charge in [0.15, 0.2) is 29.1 Å². The minimum Gasteiger partial charge on any atom is -0.387 e.